The van der Waals surface area contributed by atoms with Crippen LogP contribution in [0.3, 0.4) is 0 Å². The Labute approximate surface area is 139 Å². The van der Waals surface area contributed by atoms with Crippen LogP contribution in [0, 0.1) is 0 Å². The van der Waals surface area contributed by atoms with E-state index < -0.39 is 35.9 Å². The van der Waals surface area contributed by atoms with Gasteiger partial charge in [-0.1, -0.05) is 11.6 Å². The number of hydrogen-bond acceptors (Lipinski definition) is 4. The van der Waals surface area contributed by atoms with Crippen LogP contribution >= 0.6 is 11.6 Å². The molecule has 2 aromatic rings. The zero-order valence-corrected chi connectivity index (χ0v) is 13.1. The predicted molar refractivity (Wildman–Crippen MR) is 78.9 cm³/mol. The minimum absolute atomic E-state index is 0.208. The maximum Gasteiger partial charge on any atom is 0.435 e. The SMILES string of the molecule is Cn1nc(C(F)(F)F)c(C(N)CC(=O)O)c1Oc1ccc(Cl)cc1. The van der Waals surface area contributed by atoms with Gasteiger partial charge in [-0.2, -0.15) is 18.3 Å². The number of alkyl halides is 3. The lowest BCUT2D eigenvalue weighted by Crippen LogP contribution is -2.19. The second kappa shape index (κ2) is 6.70. The molecule has 1 heterocycles. The molecule has 0 spiro atoms. The zero-order chi connectivity index (χ0) is 18.1. The molecule has 130 valence electrons. The molecular formula is C14H13ClF3N3O3. The highest BCUT2D eigenvalue weighted by molar-refractivity contribution is 6.30. The Hall–Kier alpha value is -2.26. The average molecular weight is 364 g/mol. The van der Waals surface area contributed by atoms with E-state index in [4.69, 9.17) is 27.2 Å². The highest BCUT2D eigenvalue weighted by atomic mass is 35.5. The Morgan fingerprint density at radius 2 is 2.00 bits per heavy atom. The summed E-state index contributed by atoms with van der Waals surface area (Å²) < 4.78 is 45.9. The first kappa shape index (κ1) is 18.1. The maximum atomic E-state index is 13.2. The minimum atomic E-state index is -4.80. The molecule has 0 fully saturated rings. The van der Waals surface area contributed by atoms with Crippen molar-refractivity contribution in [1.82, 2.24) is 9.78 Å². The third-order valence-electron chi connectivity index (χ3n) is 3.09. The number of nitrogens with zero attached hydrogens (tertiary/aromatic N) is 2. The van der Waals surface area contributed by atoms with Crippen molar-refractivity contribution >= 4 is 17.6 Å². The molecule has 0 radical (unpaired) electrons. The van der Waals surface area contributed by atoms with Crippen LogP contribution in [0.4, 0.5) is 13.2 Å². The third kappa shape index (κ3) is 3.98. The van der Waals surface area contributed by atoms with Crippen molar-refractivity contribution < 1.29 is 27.8 Å². The van der Waals surface area contributed by atoms with Crippen LogP contribution in [0.2, 0.25) is 5.02 Å². The summed E-state index contributed by atoms with van der Waals surface area (Å²) in [6, 6.07) is 4.46. The van der Waals surface area contributed by atoms with E-state index in [1.165, 1.54) is 31.3 Å². The molecule has 0 aliphatic heterocycles. The first-order chi connectivity index (χ1) is 11.1. The van der Waals surface area contributed by atoms with Crippen LogP contribution < -0.4 is 10.5 Å². The largest absolute Gasteiger partial charge is 0.481 e. The first-order valence-electron chi connectivity index (χ1n) is 6.64. The summed E-state index contributed by atoms with van der Waals surface area (Å²) in [6.45, 7) is 0. The fourth-order valence-corrected chi connectivity index (χ4v) is 2.22. The predicted octanol–water partition coefficient (Wildman–Crippen LogP) is 3.36. The topological polar surface area (TPSA) is 90.4 Å². The molecular weight excluding hydrogens is 351 g/mol. The standard InChI is InChI=1S/C14H13ClF3N3O3/c1-21-13(24-8-4-2-7(15)3-5-8)11(9(19)6-10(22)23)12(20-21)14(16,17)18/h2-5,9H,6,19H2,1H3,(H,22,23). The van der Waals surface area contributed by atoms with Crippen molar-refractivity contribution in [2.24, 2.45) is 12.8 Å². The minimum Gasteiger partial charge on any atom is -0.481 e. The molecule has 1 aromatic carbocycles. The quantitative estimate of drug-likeness (QED) is 0.850. The summed E-state index contributed by atoms with van der Waals surface area (Å²) in [5.74, 6) is -1.41. The summed E-state index contributed by atoms with van der Waals surface area (Å²) in [4.78, 5) is 10.8. The third-order valence-corrected chi connectivity index (χ3v) is 3.34. The molecule has 3 N–H and O–H groups in total. The van der Waals surface area contributed by atoms with Gasteiger partial charge in [0.2, 0.25) is 5.88 Å². The van der Waals surface area contributed by atoms with E-state index >= 15 is 0 Å². The van der Waals surface area contributed by atoms with Gasteiger partial charge in [-0.15, -0.1) is 0 Å². The Bertz CT molecular complexity index is 744. The number of hydrogen-bond donors (Lipinski definition) is 2. The highest BCUT2D eigenvalue weighted by Gasteiger charge is 2.41. The number of carbonyl (C=O) groups is 1. The van der Waals surface area contributed by atoms with E-state index in [1.807, 2.05) is 0 Å². The number of nitrogens with two attached hydrogens (primary N) is 1. The van der Waals surface area contributed by atoms with Gasteiger partial charge in [0.1, 0.15) is 5.75 Å². The Kier molecular flexibility index (Phi) is 5.05. The average Bonchev–Trinajstić information content (AvgIpc) is 2.78. The summed E-state index contributed by atoms with van der Waals surface area (Å²) >= 11 is 5.74. The van der Waals surface area contributed by atoms with Gasteiger partial charge >= 0.3 is 12.1 Å². The van der Waals surface area contributed by atoms with Gasteiger partial charge in [-0.05, 0) is 24.3 Å². The lowest BCUT2D eigenvalue weighted by molar-refractivity contribution is -0.143. The molecule has 1 aromatic heterocycles. The van der Waals surface area contributed by atoms with Gasteiger partial charge in [-0.25, -0.2) is 4.68 Å². The van der Waals surface area contributed by atoms with Gasteiger partial charge in [0.25, 0.3) is 0 Å². The summed E-state index contributed by atoms with van der Waals surface area (Å²) in [7, 11) is 1.25. The fourth-order valence-electron chi connectivity index (χ4n) is 2.09. The lowest BCUT2D eigenvalue weighted by Gasteiger charge is -2.14. The number of benzene rings is 1. The molecule has 1 atom stereocenters. The summed E-state index contributed by atoms with van der Waals surface area (Å²) in [5.41, 5.74) is 3.86. The number of halogens is 4. The van der Waals surface area contributed by atoms with Gasteiger partial charge in [0.05, 0.1) is 12.0 Å². The number of carboxylic acids is 1. The number of aryl methyl sites for hydroxylation is 1. The smallest absolute Gasteiger partial charge is 0.435 e. The lowest BCUT2D eigenvalue weighted by atomic mass is 10.0. The van der Waals surface area contributed by atoms with Crippen LogP contribution in [-0.2, 0) is 18.0 Å². The molecule has 2 rings (SSSR count). The van der Waals surface area contributed by atoms with E-state index in [2.05, 4.69) is 5.10 Å². The van der Waals surface area contributed by atoms with E-state index in [0.717, 1.165) is 4.68 Å². The van der Waals surface area contributed by atoms with Crippen LogP contribution in [0.25, 0.3) is 0 Å². The van der Waals surface area contributed by atoms with E-state index in [9.17, 15) is 18.0 Å². The molecule has 0 bridgehead atoms. The van der Waals surface area contributed by atoms with Crippen LogP contribution in [0.5, 0.6) is 11.6 Å². The van der Waals surface area contributed by atoms with Gasteiger partial charge in [-0.3, -0.25) is 4.79 Å². The molecule has 0 amide bonds. The molecule has 10 heteroatoms. The molecule has 0 saturated carbocycles. The molecule has 1 unspecified atom stereocenters. The van der Waals surface area contributed by atoms with Gasteiger partial charge in [0.15, 0.2) is 5.69 Å². The van der Waals surface area contributed by atoms with Gasteiger partial charge in [0, 0.05) is 18.1 Å². The van der Waals surface area contributed by atoms with E-state index in [-0.39, 0.29) is 11.6 Å². The summed E-state index contributed by atoms with van der Waals surface area (Å²) in [5, 5.41) is 12.6. The number of aliphatic carboxylic acids is 1. The van der Waals surface area contributed by atoms with Crippen LogP contribution in [0.15, 0.2) is 24.3 Å². The molecule has 0 saturated heterocycles. The summed E-state index contributed by atoms with van der Waals surface area (Å²) in [6.07, 6.45) is -5.50. The normalized spacial score (nSPS) is 12.9. The van der Waals surface area contributed by atoms with Crippen molar-refractivity contribution in [2.75, 3.05) is 0 Å². The van der Waals surface area contributed by atoms with Crippen molar-refractivity contribution in [1.29, 1.82) is 0 Å². The van der Waals surface area contributed by atoms with Crippen molar-refractivity contribution in [3.63, 3.8) is 0 Å². The highest BCUT2D eigenvalue weighted by Crippen LogP contribution is 2.40. The molecule has 0 aliphatic carbocycles. The van der Waals surface area contributed by atoms with Crippen molar-refractivity contribution in [3.8, 4) is 11.6 Å². The first-order valence-corrected chi connectivity index (χ1v) is 7.02. The number of ether oxygens (including phenoxy) is 1. The number of rotatable bonds is 5. The second-order valence-corrected chi connectivity index (χ2v) is 5.39. The second-order valence-electron chi connectivity index (χ2n) is 4.95. The Balaban J connectivity index is 2.51. The molecule has 6 nitrogen and oxygen atoms in total. The molecule has 24 heavy (non-hydrogen) atoms. The van der Waals surface area contributed by atoms with Crippen LogP contribution in [0.1, 0.15) is 23.7 Å². The van der Waals surface area contributed by atoms with E-state index in [0.29, 0.717) is 5.02 Å². The number of carboxylic acid groups (broad SMARTS) is 1. The van der Waals surface area contributed by atoms with Gasteiger partial charge < -0.3 is 15.6 Å². The van der Waals surface area contributed by atoms with E-state index in [1.54, 1.807) is 0 Å². The van der Waals surface area contributed by atoms with Crippen LogP contribution in [-0.4, -0.2) is 20.9 Å². The van der Waals surface area contributed by atoms with Crippen molar-refractivity contribution in [3.05, 3.63) is 40.5 Å². The zero-order valence-electron chi connectivity index (χ0n) is 12.3. The fraction of sp³-hybridized carbons (Fsp3) is 0.286. The number of aromatic nitrogens is 2. The Morgan fingerprint density at radius 3 is 2.50 bits per heavy atom. The monoisotopic (exact) mass is 363 g/mol. The Morgan fingerprint density at radius 1 is 1.42 bits per heavy atom. The maximum absolute atomic E-state index is 13.2. The van der Waals surface area contributed by atoms with Crippen molar-refractivity contribution in [2.45, 2.75) is 18.6 Å². The molecule has 0 aliphatic rings.